The van der Waals surface area contributed by atoms with Crippen LogP contribution in [0.5, 0.6) is 34.5 Å². The van der Waals surface area contributed by atoms with Gasteiger partial charge in [-0.25, -0.2) is 28.3 Å². The normalized spacial score (nSPS) is 21.1. The summed E-state index contributed by atoms with van der Waals surface area (Å²) < 4.78 is 125. The molecular formula is C50H39F8N7O7. The highest BCUT2D eigenvalue weighted by molar-refractivity contribution is 5.92. The van der Waals surface area contributed by atoms with Crippen LogP contribution >= 0.6 is 0 Å². The molecule has 2 aliphatic carbocycles. The van der Waals surface area contributed by atoms with E-state index in [0.29, 0.717) is 82.9 Å². The third kappa shape index (κ3) is 9.67. The van der Waals surface area contributed by atoms with Gasteiger partial charge in [-0.05, 0) is 84.4 Å². The van der Waals surface area contributed by atoms with Crippen molar-refractivity contribution in [3.63, 3.8) is 0 Å². The van der Waals surface area contributed by atoms with Gasteiger partial charge < -0.3 is 35.3 Å². The number of fused-ring (bicyclic) bond motifs is 8. The zero-order valence-corrected chi connectivity index (χ0v) is 37.4. The molecule has 6 aromatic rings. The van der Waals surface area contributed by atoms with Gasteiger partial charge in [-0.1, -0.05) is 13.0 Å². The van der Waals surface area contributed by atoms with Crippen LogP contribution in [0.4, 0.5) is 62.0 Å². The Morgan fingerprint density at radius 3 is 1.74 bits per heavy atom. The van der Waals surface area contributed by atoms with Crippen LogP contribution in [-0.4, -0.2) is 40.0 Å². The smallest absolute Gasteiger partial charge is 0.419 e. The van der Waals surface area contributed by atoms with Crippen molar-refractivity contribution in [2.45, 2.75) is 69.3 Å². The zero-order chi connectivity index (χ0) is 50.8. The number of carbonyl (C=O) groups is 3. The maximum absolute atomic E-state index is 13.5. The highest BCUT2D eigenvalue weighted by atomic mass is 19.4. The topological polar surface area (TPSA) is 188 Å². The van der Waals surface area contributed by atoms with E-state index in [4.69, 9.17) is 24.7 Å². The number of carbonyl (C=O) groups excluding carboxylic acids is 3. The molecule has 0 unspecified atom stereocenters. The molecule has 22 heteroatoms. The minimum absolute atomic E-state index is 0.0197. The van der Waals surface area contributed by atoms with E-state index in [-0.39, 0.29) is 66.4 Å². The van der Waals surface area contributed by atoms with E-state index >= 15 is 0 Å². The third-order valence-electron chi connectivity index (χ3n) is 12.9. The van der Waals surface area contributed by atoms with Gasteiger partial charge in [0.05, 0.1) is 35.3 Å². The van der Waals surface area contributed by atoms with Crippen molar-refractivity contribution in [3.05, 3.63) is 148 Å². The van der Waals surface area contributed by atoms with Gasteiger partial charge >= 0.3 is 24.4 Å². The summed E-state index contributed by atoms with van der Waals surface area (Å²) in [6.45, 7) is 2.88. The largest absolute Gasteiger partial charge is 0.489 e. The number of hydrogen-bond donors (Lipinski definition) is 5. The fourth-order valence-electron chi connectivity index (χ4n) is 9.24. The fraction of sp³-hybridized carbons (Fsp3) is 0.260. The van der Waals surface area contributed by atoms with Crippen molar-refractivity contribution in [1.82, 2.24) is 20.6 Å². The van der Waals surface area contributed by atoms with Crippen LogP contribution in [0.15, 0.2) is 97.3 Å². The van der Waals surface area contributed by atoms with Gasteiger partial charge in [-0.2, -0.15) is 26.3 Å². The Balaban J connectivity index is 0.000000144. The van der Waals surface area contributed by atoms with Crippen molar-refractivity contribution < 1.29 is 68.5 Å². The Labute approximate surface area is 403 Å². The minimum Gasteiger partial charge on any atom is -0.489 e. The Hall–Kier alpha value is -8.17. The van der Waals surface area contributed by atoms with Crippen LogP contribution in [0.2, 0.25) is 0 Å². The van der Waals surface area contributed by atoms with E-state index in [2.05, 4.69) is 44.2 Å². The summed E-state index contributed by atoms with van der Waals surface area (Å²) in [5.41, 5.74) is 6.05. The molecule has 0 radical (unpaired) electrons. The van der Waals surface area contributed by atoms with Crippen LogP contribution in [0.3, 0.4) is 0 Å². The molecule has 6 heterocycles. The first-order valence-corrected chi connectivity index (χ1v) is 22.3. The highest BCUT2D eigenvalue weighted by Crippen LogP contribution is 2.61. The van der Waals surface area contributed by atoms with Crippen molar-refractivity contribution in [2.75, 3.05) is 16.4 Å². The third-order valence-corrected chi connectivity index (χ3v) is 12.9. The Morgan fingerprint density at radius 2 is 1.19 bits per heavy atom. The molecule has 2 fully saturated rings. The van der Waals surface area contributed by atoms with Crippen LogP contribution in [-0.2, 0) is 36.7 Å². The van der Waals surface area contributed by atoms with Gasteiger partial charge in [0.2, 0.25) is 0 Å². The second kappa shape index (κ2) is 18.2. The number of nitrogens with one attached hydrogen (secondary N) is 4. The van der Waals surface area contributed by atoms with E-state index in [1.165, 1.54) is 17.8 Å². The van der Waals surface area contributed by atoms with E-state index in [0.717, 1.165) is 34.8 Å². The summed E-state index contributed by atoms with van der Waals surface area (Å²) in [5, 5.41) is 10.7. The number of nitrogens with two attached hydrogens (primary N) is 1. The molecule has 0 saturated heterocycles. The number of alkyl halides is 6. The van der Waals surface area contributed by atoms with Crippen molar-refractivity contribution in [3.8, 4) is 34.5 Å². The number of ketones is 1. The summed E-state index contributed by atoms with van der Waals surface area (Å²) in [4.78, 5) is 43.9. The second-order valence-corrected chi connectivity index (χ2v) is 17.7. The summed E-state index contributed by atoms with van der Waals surface area (Å²) >= 11 is 0. The molecule has 372 valence electrons. The lowest BCUT2D eigenvalue weighted by Crippen LogP contribution is -2.34. The number of nitrogen functional groups attached to an aromatic ring is 1. The number of amides is 4. The van der Waals surface area contributed by atoms with Crippen LogP contribution in [0, 0.1) is 23.5 Å². The lowest BCUT2D eigenvalue weighted by Gasteiger charge is -2.20. The van der Waals surface area contributed by atoms with E-state index < -0.39 is 35.1 Å². The maximum Gasteiger partial charge on any atom is 0.419 e. The van der Waals surface area contributed by atoms with Gasteiger partial charge in [0.25, 0.3) is 0 Å². The van der Waals surface area contributed by atoms with Gasteiger partial charge in [0.1, 0.15) is 75.8 Å². The number of rotatable bonds is 8. The highest BCUT2D eigenvalue weighted by Gasteiger charge is 2.59. The minimum atomic E-state index is -4.83. The lowest BCUT2D eigenvalue weighted by molar-refractivity contribution is -0.140. The summed E-state index contributed by atoms with van der Waals surface area (Å²) in [7, 11) is 0. The number of halogens is 8. The average Bonchev–Trinajstić information content (AvgIpc) is 4.03. The molecule has 4 amide bonds. The monoisotopic (exact) mass is 1000 g/mol. The number of urea groups is 2. The molecule has 14 nitrogen and oxygen atoms in total. The predicted molar refractivity (Wildman–Crippen MR) is 241 cm³/mol. The first-order chi connectivity index (χ1) is 34.3. The number of nitrogens with zero attached hydrogens (tertiary/aromatic N) is 2. The molecule has 6 atom stereocenters. The average molecular weight is 1000 g/mol. The predicted octanol–water partition coefficient (Wildman–Crippen LogP) is 10.8. The summed E-state index contributed by atoms with van der Waals surface area (Å²) in [6.07, 6.45) is -6.25. The Kier molecular flexibility index (Phi) is 12.0. The Bertz CT molecular complexity index is 3170. The molecule has 4 aliphatic heterocycles. The van der Waals surface area contributed by atoms with Crippen molar-refractivity contribution in [2.24, 2.45) is 11.8 Å². The number of anilines is 3. The Morgan fingerprint density at radius 1 is 0.681 bits per heavy atom. The molecule has 6 N–H and O–H groups in total. The molecule has 72 heavy (non-hydrogen) atoms. The number of benzene rings is 4. The molecule has 6 aliphatic rings. The fourth-order valence-corrected chi connectivity index (χ4v) is 9.24. The second-order valence-electron chi connectivity index (χ2n) is 17.7. The summed E-state index contributed by atoms with van der Waals surface area (Å²) in [5.74, 6) is 3.26. The van der Waals surface area contributed by atoms with Crippen molar-refractivity contribution in [1.29, 1.82) is 0 Å². The van der Waals surface area contributed by atoms with Gasteiger partial charge in [0, 0.05) is 65.7 Å². The van der Waals surface area contributed by atoms with E-state index in [9.17, 15) is 49.5 Å². The number of Topliss-reactive ketones (excluding diaryl/α,β-unsaturated/α-hetero) is 1. The molecule has 2 saturated carbocycles. The van der Waals surface area contributed by atoms with Crippen molar-refractivity contribution >= 4 is 35.2 Å². The number of ether oxygens (including phenoxy) is 4. The molecule has 12 rings (SSSR count). The van der Waals surface area contributed by atoms with Crippen LogP contribution in [0.25, 0.3) is 0 Å². The van der Waals surface area contributed by atoms with Crippen LogP contribution in [0.1, 0.15) is 64.1 Å². The molecular weight excluding hydrogens is 963 g/mol. The van der Waals surface area contributed by atoms with Crippen LogP contribution < -0.4 is 45.9 Å². The maximum atomic E-state index is 13.5. The molecule has 0 spiro atoms. The number of aromatic nitrogens is 2. The lowest BCUT2D eigenvalue weighted by atomic mass is 10.00. The van der Waals surface area contributed by atoms with E-state index in [1.54, 1.807) is 24.4 Å². The van der Waals surface area contributed by atoms with Gasteiger partial charge in [-0.15, -0.1) is 0 Å². The first kappa shape index (κ1) is 47.5. The first-order valence-electron chi connectivity index (χ1n) is 22.3. The quantitative estimate of drug-likeness (QED) is 0.0725. The zero-order valence-electron chi connectivity index (χ0n) is 37.4. The summed E-state index contributed by atoms with van der Waals surface area (Å²) in [6, 6.07) is 19.2. The SMILES string of the molecule is C[C@@H]1[C@H]2Oc3ccc(Oc4ccnc5c4CNC(=O)N5)cc3[C@@H]12.Nc1ccc(F)c(C(F)(F)F)c1.O=C(Cc1ccc(F)c(C(F)(F)F)c1)C[C@@H]1[C@H]2Oc3ccc(Oc4ccnc5c4CNC(=O)N5)cc3[C@@H]12. The van der Waals surface area contributed by atoms with E-state index in [1.807, 2.05) is 24.3 Å². The molecule has 2 aromatic heterocycles. The number of hydrogen-bond acceptors (Lipinski definition) is 10. The van der Waals surface area contributed by atoms with Gasteiger partial charge in [-0.3, -0.25) is 15.4 Å². The number of pyridine rings is 2. The molecule has 0 bridgehead atoms. The molecule has 4 aromatic carbocycles. The standard InChI is InChI=1S/C26H19F4N3O4.C17H15N3O3.C7H5F4N/c27-19-3-1-12(8-18(19)26(28,29)30)7-13(34)9-16-22-15-10-14(2-4-20(15)37-23(16)22)36-21-5-6-31-24-17(21)11-32-25(35)33-24;1-8-14-10-6-9(2-3-12(10)23-15(8)14)22-13-4-5-18-16-11(13)7-19-17(21)20-16;8-6-2-1-4(12)3-5(6)7(9,10)11/h1-6,8,10,16,22-23H,7,9,11H2,(H2,31,32,33,35);2-6,8,14-15H,7H2,1H3,(H2,18,19,20,21);1-3H,12H2/t16-,22-,23+;8-,14+,15+;/m00./s1. The van der Waals surface area contributed by atoms with Gasteiger partial charge in [0.15, 0.2) is 0 Å².